The van der Waals surface area contributed by atoms with Crippen molar-refractivity contribution in [2.45, 2.75) is 32.2 Å². The van der Waals surface area contributed by atoms with E-state index in [4.69, 9.17) is 0 Å². The first kappa shape index (κ1) is 11.7. The van der Waals surface area contributed by atoms with Gasteiger partial charge in [0, 0.05) is 5.92 Å². The number of halogens is 1. The van der Waals surface area contributed by atoms with E-state index in [2.05, 4.69) is 5.32 Å². The number of carbonyl (C=O) groups is 1. The molecule has 1 aromatic rings. The van der Waals surface area contributed by atoms with E-state index in [0.717, 1.165) is 30.2 Å². The van der Waals surface area contributed by atoms with Crippen LogP contribution in [0.5, 0.6) is 0 Å². The van der Waals surface area contributed by atoms with Gasteiger partial charge >= 0.3 is 0 Å². The predicted octanol–water partition coefficient (Wildman–Crippen LogP) is 3.05. The lowest BCUT2D eigenvalue weighted by Gasteiger charge is -2.18. The smallest absolute Gasteiger partial charge is 0.223 e. The van der Waals surface area contributed by atoms with Crippen molar-refractivity contribution in [3.05, 3.63) is 35.6 Å². The van der Waals surface area contributed by atoms with Gasteiger partial charge in [0.1, 0.15) is 5.82 Å². The summed E-state index contributed by atoms with van der Waals surface area (Å²) in [5.41, 5.74) is 0.825. The molecule has 2 saturated carbocycles. The van der Waals surface area contributed by atoms with Gasteiger partial charge in [0.2, 0.25) is 5.91 Å². The summed E-state index contributed by atoms with van der Waals surface area (Å²) in [7, 11) is 0. The molecule has 2 aliphatic rings. The van der Waals surface area contributed by atoms with Gasteiger partial charge in [-0.1, -0.05) is 12.1 Å². The van der Waals surface area contributed by atoms with Crippen molar-refractivity contribution in [3.63, 3.8) is 0 Å². The lowest BCUT2D eigenvalue weighted by atomic mass is 10.0. The molecule has 1 N–H and O–H groups in total. The van der Waals surface area contributed by atoms with Crippen LogP contribution in [0, 0.1) is 23.6 Å². The molecule has 2 nitrogen and oxygen atoms in total. The van der Waals surface area contributed by atoms with Crippen LogP contribution in [0.4, 0.5) is 4.39 Å². The van der Waals surface area contributed by atoms with Crippen molar-refractivity contribution in [1.82, 2.24) is 5.32 Å². The van der Waals surface area contributed by atoms with Gasteiger partial charge in [0.15, 0.2) is 0 Å². The molecule has 0 aliphatic heterocycles. The van der Waals surface area contributed by atoms with Crippen molar-refractivity contribution in [1.29, 1.82) is 0 Å². The third kappa shape index (κ3) is 2.26. The number of benzene rings is 1. The summed E-state index contributed by atoms with van der Waals surface area (Å²) in [6.07, 6.45) is 3.42. The summed E-state index contributed by atoms with van der Waals surface area (Å²) in [5, 5.41) is 3.00. The topological polar surface area (TPSA) is 29.1 Å². The van der Waals surface area contributed by atoms with E-state index in [1.165, 1.54) is 18.6 Å². The van der Waals surface area contributed by atoms with Crippen molar-refractivity contribution in [2.75, 3.05) is 0 Å². The Kier molecular flexibility index (Phi) is 2.84. The molecule has 3 heteroatoms. The Morgan fingerprint density at radius 3 is 2.72 bits per heavy atom. The van der Waals surface area contributed by atoms with Gasteiger partial charge in [-0.15, -0.1) is 0 Å². The lowest BCUT2D eigenvalue weighted by Crippen LogP contribution is -2.32. The zero-order valence-corrected chi connectivity index (χ0v) is 10.5. The molecule has 18 heavy (non-hydrogen) atoms. The first-order valence-corrected chi connectivity index (χ1v) is 6.69. The minimum atomic E-state index is -0.254. The largest absolute Gasteiger partial charge is 0.349 e. The number of nitrogens with one attached hydrogen (secondary N) is 1. The van der Waals surface area contributed by atoms with Crippen LogP contribution in [0.2, 0.25) is 0 Å². The second kappa shape index (κ2) is 4.38. The van der Waals surface area contributed by atoms with Gasteiger partial charge in [0.25, 0.3) is 0 Å². The Bertz CT molecular complexity index is 463. The third-order valence-electron chi connectivity index (χ3n) is 4.32. The Labute approximate surface area is 107 Å². The van der Waals surface area contributed by atoms with Crippen LogP contribution in [0.25, 0.3) is 0 Å². The molecular formula is C15H18FNO. The molecule has 0 aromatic heterocycles. The first-order valence-electron chi connectivity index (χ1n) is 6.69. The average Bonchev–Trinajstić information content (AvgIpc) is 2.96. The molecule has 96 valence electrons. The highest BCUT2D eigenvalue weighted by molar-refractivity contribution is 5.79. The maximum Gasteiger partial charge on any atom is 0.223 e. The highest BCUT2D eigenvalue weighted by Crippen LogP contribution is 2.54. The minimum absolute atomic E-state index is 0.120. The number of hydrogen-bond donors (Lipinski definition) is 1. The van der Waals surface area contributed by atoms with E-state index in [0.29, 0.717) is 0 Å². The molecule has 2 fully saturated rings. The minimum Gasteiger partial charge on any atom is -0.349 e. The van der Waals surface area contributed by atoms with Gasteiger partial charge in [-0.2, -0.15) is 0 Å². The monoisotopic (exact) mass is 247 g/mol. The highest BCUT2D eigenvalue weighted by Gasteiger charge is 2.48. The van der Waals surface area contributed by atoms with E-state index < -0.39 is 0 Å². The quantitative estimate of drug-likeness (QED) is 0.874. The van der Waals surface area contributed by atoms with Gasteiger partial charge in [-0.3, -0.25) is 4.79 Å². The molecule has 3 rings (SSSR count). The van der Waals surface area contributed by atoms with E-state index in [9.17, 15) is 9.18 Å². The van der Waals surface area contributed by atoms with E-state index in [1.54, 1.807) is 6.07 Å². The molecule has 0 saturated heterocycles. The number of rotatable bonds is 3. The maximum absolute atomic E-state index is 13.1. The highest BCUT2D eigenvalue weighted by atomic mass is 19.1. The summed E-state index contributed by atoms with van der Waals surface area (Å²) in [5.74, 6) is 1.69. The number of amides is 1. The molecule has 2 aliphatic carbocycles. The summed E-state index contributed by atoms with van der Waals surface area (Å²) in [4.78, 5) is 12.1. The van der Waals surface area contributed by atoms with Crippen molar-refractivity contribution >= 4 is 5.91 Å². The Morgan fingerprint density at radius 2 is 2.06 bits per heavy atom. The van der Waals surface area contributed by atoms with E-state index >= 15 is 0 Å². The van der Waals surface area contributed by atoms with Crippen LogP contribution in [0.3, 0.4) is 0 Å². The zero-order valence-electron chi connectivity index (χ0n) is 10.5. The summed E-state index contributed by atoms with van der Waals surface area (Å²) in [6, 6.07) is 6.31. The fourth-order valence-electron chi connectivity index (χ4n) is 3.12. The van der Waals surface area contributed by atoms with Crippen LogP contribution in [0.15, 0.2) is 24.3 Å². The molecule has 1 amide bonds. The van der Waals surface area contributed by atoms with E-state index in [1.807, 2.05) is 13.0 Å². The summed E-state index contributed by atoms with van der Waals surface area (Å²) >= 11 is 0. The van der Waals surface area contributed by atoms with Crippen LogP contribution in [0.1, 0.15) is 37.8 Å². The van der Waals surface area contributed by atoms with Gasteiger partial charge in [0.05, 0.1) is 6.04 Å². The summed E-state index contributed by atoms with van der Waals surface area (Å²) in [6.45, 7) is 1.91. The van der Waals surface area contributed by atoms with Crippen LogP contribution in [-0.4, -0.2) is 5.91 Å². The second-order valence-electron chi connectivity index (χ2n) is 5.71. The molecule has 0 spiro atoms. The van der Waals surface area contributed by atoms with Crippen molar-refractivity contribution < 1.29 is 9.18 Å². The number of hydrogen-bond acceptors (Lipinski definition) is 1. The number of carbonyl (C=O) groups excluding carboxylic acids is 1. The molecular weight excluding hydrogens is 229 g/mol. The predicted molar refractivity (Wildman–Crippen MR) is 67.3 cm³/mol. The molecule has 3 atom stereocenters. The van der Waals surface area contributed by atoms with Crippen LogP contribution in [-0.2, 0) is 4.79 Å². The summed E-state index contributed by atoms with van der Waals surface area (Å²) < 4.78 is 13.1. The molecule has 1 aromatic carbocycles. The van der Waals surface area contributed by atoms with Gasteiger partial charge in [-0.05, 0) is 55.7 Å². The van der Waals surface area contributed by atoms with Crippen LogP contribution >= 0.6 is 0 Å². The standard InChI is InChI=1S/C15H18FNO/c1-9(10-3-2-4-14(16)8-10)17-15(18)13-6-11-5-12(11)7-13/h2-4,8-9,11-13H,5-7H2,1H3,(H,17,18)/t9-,11?,12?,13?/m1/s1. The van der Waals surface area contributed by atoms with Crippen molar-refractivity contribution in [2.24, 2.45) is 17.8 Å². The van der Waals surface area contributed by atoms with Crippen LogP contribution < -0.4 is 5.32 Å². The molecule has 2 unspecified atom stereocenters. The normalized spacial score (nSPS) is 30.7. The average molecular weight is 247 g/mol. The van der Waals surface area contributed by atoms with Gasteiger partial charge in [-0.25, -0.2) is 4.39 Å². The van der Waals surface area contributed by atoms with Crippen molar-refractivity contribution in [3.8, 4) is 0 Å². The molecule has 0 radical (unpaired) electrons. The Morgan fingerprint density at radius 1 is 1.33 bits per heavy atom. The van der Waals surface area contributed by atoms with Gasteiger partial charge < -0.3 is 5.32 Å². The third-order valence-corrected chi connectivity index (χ3v) is 4.32. The maximum atomic E-state index is 13.1. The Balaban J connectivity index is 1.60. The SMILES string of the molecule is C[C@@H](NC(=O)C1CC2CC2C1)c1cccc(F)c1. The Hall–Kier alpha value is -1.38. The van der Waals surface area contributed by atoms with E-state index in [-0.39, 0.29) is 23.7 Å². The zero-order chi connectivity index (χ0) is 12.7. The molecule has 0 heterocycles. The molecule has 0 bridgehead atoms. The first-order chi connectivity index (χ1) is 8.63. The number of fused-ring (bicyclic) bond motifs is 1. The fourth-order valence-corrected chi connectivity index (χ4v) is 3.12. The lowest BCUT2D eigenvalue weighted by molar-refractivity contribution is -0.125. The second-order valence-corrected chi connectivity index (χ2v) is 5.71. The fraction of sp³-hybridized carbons (Fsp3) is 0.533.